The third-order valence-corrected chi connectivity index (χ3v) is 6.84. The lowest BCUT2D eigenvalue weighted by molar-refractivity contribution is -0.132. The highest BCUT2D eigenvalue weighted by atomic mass is 32.2. The van der Waals surface area contributed by atoms with E-state index in [-0.39, 0.29) is 5.91 Å². The maximum Gasteiger partial charge on any atom is 0.243 e. The van der Waals surface area contributed by atoms with Crippen LogP contribution in [0.2, 0.25) is 0 Å². The molecule has 0 unspecified atom stereocenters. The van der Waals surface area contributed by atoms with Gasteiger partial charge in [-0.1, -0.05) is 50.1 Å². The number of carbonyl (C=O) groups excluding carboxylic acids is 1. The zero-order chi connectivity index (χ0) is 18.6. The molecule has 6 heteroatoms. The zero-order valence-corrected chi connectivity index (χ0v) is 16.0. The first-order chi connectivity index (χ1) is 12.5. The molecule has 0 spiro atoms. The zero-order valence-electron chi connectivity index (χ0n) is 15.2. The van der Waals surface area contributed by atoms with Crippen LogP contribution in [0.3, 0.4) is 0 Å². The van der Waals surface area contributed by atoms with Gasteiger partial charge in [-0.3, -0.25) is 4.79 Å². The predicted molar refractivity (Wildman–Crippen MR) is 103 cm³/mol. The van der Waals surface area contributed by atoms with E-state index in [0.29, 0.717) is 37.5 Å². The number of amides is 1. The van der Waals surface area contributed by atoms with E-state index in [1.54, 1.807) is 17.0 Å². The summed E-state index contributed by atoms with van der Waals surface area (Å²) in [5, 5.41) is 1.94. The Morgan fingerprint density at radius 3 is 2.35 bits per heavy atom. The molecule has 1 aliphatic heterocycles. The van der Waals surface area contributed by atoms with Gasteiger partial charge in [-0.25, -0.2) is 8.42 Å². The molecule has 3 rings (SSSR count). The lowest BCUT2D eigenvalue weighted by atomic mass is 10.1. The van der Waals surface area contributed by atoms with Gasteiger partial charge in [0.25, 0.3) is 0 Å². The highest BCUT2D eigenvalue weighted by Crippen LogP contribution is 2.23. The average molecular weight is 375 g/mol. The highest BCUT2D eigenvalue weighted by molar-refractivity contribution is 7.89. The topological polar surface area (TPSA) is 57.7 Å². The van der Waals surface area contributed by atoms with Crippen LogP contribution in [0, 0.1) is 0 Å². The summed E-state index contributed by atoms with van der Waals surface area (Å²) in [6.45, 7) is 3.76. The Morgan fingerprint density at radius 2 is 1.65 bits per heavy atom. The Kier molecular flexibility index (Phi) is 5.94. The SMILES string of the molecule is CCCCCC(=O)N1CCN(S(=O)(=O)c2ccc3ccccc3c2)CC1. The Morgan fingerprint density at radius 1 is 0.962 bits per heavy atom. The summed E-state index contributed by atoms with van der Waals surface area (Å²) < 4.78 is 27.4. The maximum absolute atomic E-state index is 12.9. The van der Waals surface area contributed by atoms with Gasteiger partial charge in [0.15, 0.2) is 0 Å². The van der Waals surface area contributed by atoms with E-state index in [4.69, 9.17) is 0 Å². The minimum atomic E-state index is -3.53. The Hall–Kier alpha value is -1.92. The van der Waals surface area contributed by atoms with Crippen LogP contribution >= 0.6 is 0 Å². The second-order valence-corrected chi connectivity index (χ2v) is 8.69. The minimum absolute atomic E-state index is 0.140. The molecule has 5 nitrogen and oxygen atoms in total. The fraction of sp³-hybridized carbons (Fsp3) is 0.450. The lowest BCUT2D eigenvalue weighted by Crippen LogP contribution is -2.50. The summed E-state index contributed by atoms with van der Waals surface area (Å²) in [7, 11) is -3.53. The molecule has 0 aromatic heterocycles. The molecule has 2 aromatic rings. The molecule has 0 N–H and O–H groups in total. The number of benzene rings is 2. The van der Waals surface area contributed by atoms with Crippen LogP contribution in [0.4, 0.5) is 0 Å². The molecule has 0 atom stereocenters. The molecular weight excluding hydrogens is 348 g/mol. The number of carbonyl (C=O) groups is 1. The smallest absolute Gasteiger partial charge is 0.243 e. The van der Waals surface area contributed by atoms with E-state index in [9.17, 15) is 13.2 Å². The van der Waals surface area contributed by atoms with Crippen LogP contribution < -0.4 is 0 Å². The maximum atomic E-state index is 12.9. The molecular formula is C20H26N2O3S. The Bertz CT molecular complexity index is 872. The van der Waals surface area contributed by atoms with E-state index >= 15 is 0 Å². The molecule has 1 amide bonds. The van der Waals surface area contributed by atoms with Crippen LogP contribution in [0.5, 0.6) is 0 Å². The number of nitrogens with zero attached hydrogens (tertiary/aromatic N) is 2. The van der Waals surface area contributed by atoms with Crippen molar-refractivity contribution in [3.8, 4) is 0 Å². The predicted octanol–water partition coefficient (Wildman–Crippen LogP) is 3.25. The van der Waals surface area contributed by atoms with Crippen molar-refractivity contribution in [1.29, 1.82) is 0 Å². The fourth-order valence-corrected chi connectivity index (χ4v) is 4.80. The number of rotatable bonds is 6. The van der Waals surface area contributed by atoms with Crippen molar-refractivity contribution in [2.75, 3.05) is 26.2 Å². The molecule has 1 saturated heterocycles. The van der Waals surface area contributed by atoms with Crippen molar-refractivity contribution in [2.45, 2.75) is 37.5 Å². The molecule has 1 heterocycles. The molecule has 2 aromatic carbocycles. The van der Waals surface area contributed by atoms with Crippen LogP contribution in [-0.4, -0.2) is 49.7 Å². The Labute approximate surface area is 155 Å². The summed E-state index contributed by atoms with van der Waals surface area (Å²) in [4.78, 5) is 14.3. The number of piperazine rings is 1. The van der Waals surface area contributed by atoms with E-state index in [2.05, 4.69) is 6.92 Å². The van der Waals surface area contributed by atoms with Crippen molar-refractivity contribution >= 4 is 26.7 Å². The number of hydrogen-bond donors (Lipinski definition) is 0. The first kappa shape index (κ1) is 18.9. The second-order valence-electron chi connectivity index (χ2n) is 6.75. The standard InChI is InChI=1S/C20H26N2O3S/c1-2-3-4-9-20(23)21-12-14-22(15-13-21)26(24,25)19-11-10-17-7-5-6-8-18(17)16-19/h5-8,10-11,16H,2-4,9,12-15H2,1H3. The van der Waals surface area contributed by atoms with Gasteiger partial charge in [0, 0.05) is 32.6 Å². The molecule has 0 aliphatic carbocycles. The summed E-state index contributed by atoms with van der Waals surface area (Å²) >= 11 is 0. The second kappa shape index (κ2) is 8.18. The number of hydrogen-bond acceptors (Lipinski definition) is 3. The first-order valence-corrected chi connectivity index (χ1v) is 10.7. The number of unbranched alkanes of at least 4 members (excludes halogenated alkanes) is 2. The molecule has 1 fully saturated rings. The van der Waals surface area contributed by atoms with Gasteiger partial charge in [0.05, 0.1) is 4.90 Å². The van der Waals surface area contributed by atoms with Crippen molar-refractivity contribution in [1.82, 2.24) is 9.21 Å². The van der Waals surface area contributed by atoms with Crippen LogP contribution in [0.1, 0.15) is 32.6 Å². The fourth-order valence-electron chi connectivity index (χ4n) is 3.34. The van der Waals surface area contributed by atoms with E-state index in [1.807, 2.05) is 30.3 Å². The van der Waals surface area contributed by atoms with Crippen molar-refractivity contribution in [2.24, 2.45) is 0 Å². The average Bonchev–Trinajstić information content (AvgIpc) is 2.67. The molecule has 0 bridgehead atoms. The van der Waals surface area contributed by atoms with Gasteiger partial charge in [0.2, 0.25) is 15.9 Å². The number of sulfonamides is 1. The lowest BCUT2D eigenvalue weighted by Gasteiger charge is -2.34. The monoisotopic (exact) mass is 374 g/mol. The quantitative estimate of drug-likeness (QED) is 0.729. The largest absolute Gasteiger partial charge is 0.340 e. The summed E-state index contributed by atoms with van der Waals surface area (Å²) in [5.41, 5.74) is 0. The van der Waals surface area contributed by atoms with E-state index < -0.39 is 10.0 Å². The van der Waals surface area contributed by atoms with Crippen LogP contribution in [-0.2, 0) is 14.8 Å². The van der Waals surface area contributed by atoms with Crippen molar-refractivity contribution in [3.63, 3.8) is 0 Å². The molecule has 1 aliphatic rings. The number of fused-ring (bicyclic) bond motifs is 1. The van der Waals surface area contributed by atoms with E-state index in [0.717, 1.165) is 30.0 Å². The van der Waals surface area contributed by atoms with Gasteiger partial charge < -0.3 is 4.90 Å². The van der Waals surface area contributed by atoms with Gasteiger partial charge in [-0.15, -0.1) is 0 Å². The normalized spacial score (nSPS) is 16.1. The van der Waals surface area contributed by atoms with Crippen molar-refractivity contribution in [3.05, 3.63) is 42.5 Å². The van der Waals surface area contributed by atoms with Crippen LogP contribution in [0.25, 0.3) is 10.8 Å². The molecule has 140 valence electrons. The summed E-state index contributed by atoms with van der Waals surface area (Å²) in [6.07, 6.45) is 3.61. The summed E-state index contributed by atoms with van der Waals surface area (Å²) in [5.74, 6) is 0.140. The molecule has 26 heavy (non-hydrogen) atoms. The molecule has 0 saturated carbocycles. The van der Waals surface area contributed by atoms with Gasteiger partial charge in [-0.05, 0) is 29.3 Å². The highest BCUT2D eigenvalue weighted by Gasteiger charge is 2.29. The summed E-state index contributed by atoms with van der Waals surface area (Å²) in [6, 6.07) is 13.0. The third-order valence-electron chi connectivity index (χ3n) is 4.94. The first-order valence-electron chi connectivity index (χ1n) is 9.29. The minimum Gasteiger partial charge on any atom is -0.340 e. The van der Waals surface area contributed by atoms with Gasteiger partial charge in [-0.2, -0.15) is 4.31 Å². The third kappa shape index (κ3) is 4.07. The Balaban J connectivity index is 1.66. The molecule has 0 radical (unpaired) electrons. The van der Waals surface area contributed by atoms with Crippen molar-refractivity contribution < 1.29 is 13.2 Å². The van der Waals surface area contributed by atoms with Crippen LogP contribution in [0.15, 0.2) is 47.4 Å². The van der Waals surface area contributed by atoms with E-state index in [1.165, 1.54) is 4.31 Å². The van der Waals surface area contributed by atoms with Gasteiger partial charge in [0.1, 0.15) is 0 Å². The van der Waals surface area contributed by atoms with Gasteiger partial charge >= 0.3 is 0 Å².